The second-order valence-corrected chi connectivity index (χ2v) is 4.63. The number of hydrogen-bond donors (Lipinski definition) is 2. The van der Waals surface area contributed by atoms with Crippen LogP contribution in [0.5, 0.6) is 0 Å². The van der Waals surface area contributed by atoms with Crippen LogP contribution in [0.4, 0.5) is 18.9 Å². The summed E-state index contributed by atoms with van der Waals surface area (Å²) in [7, 11) is 0. The van der Waals surface area contributed by atoms with Crippen molar-refractivity contribution >= 4 is 23.3 Å². The Morgan fingerprint density at radius 2 is 1.82 bits per heavy atom. The van der Waals surface area contributed by atoms with Crippen molar-refractivity contribution in [3.8, 4) is 0 Å². The van der Waals surface area contributed by atoms with Gasteiger partial charge in [-0.2, -0.15) is 13.2 Å². The van der Waals surface area contributed by atoms with Gasteiger partial charge in [0.15, 0.2) is 0 Å². The number of amides is 2. The molecule has 0 fully saturated rings. The van der Waals surface area contributed by atoms with E-state index in [4.69, 9.17) is 0 Å². The van der Waals surface area contributed by atoms with E-state index in [1.54, 1.807) is 11.4 Å². The van der Waals surface area contributed by atoms with Crippen LogP contribution in [-0.4, -0.2) is 23.8 Å². The molecule has 5 nitrogen and oxygen atoms in total. The van der Waals surface area contributed by atoms with Gasteiger partial charge in [-0.25, -0.2) is 0 Å². The molecule has 0 saturated heterocycles. The molecule has 1 aromatic rings. The Morgan fingerprint density at radius 3 is 2.41 bits per heavy atom. The average molecular weight is 316 g/mol. The first kappa shape index (κ1) is 17.7. The number of ketones is 1. The van der Waals surface area contributed by atoms with Crippen LogP contribution in [0, 0.1) is 0 Å². The molecule has 8 heteroatoms. The van der Waals surface area contributed by atoms with Crippen molar-refractivity contribution in [1.82, 2.24) is 5.32 Å². The molecule has 0 bridgehead atoms. The van der Waals surface area contributed by atoms with Crippen LogP contribution < -0.4 is 10.6 Å². The third-order valence-electron chi connectivity index (χ3n) is 2.64. The SMILES string of the molecule is CC(=O)CCC(=O)NCc1cccc(NC(=O)C(F)(F)F)c1. The van der Waals surface area contributed by atoms with E-state index >= 15 is 0 Å². The maximum Gasteiger partial charge on any atom is 0.471 e. The van der Waals surface area contributed by atoms with Gasteiger partial charge in [-0.15, -0.1) is 0 Å². The third kappa shape index (κ3) is 6.38. The van der Waals surface area contributed by atoms with Crippen molar-refractivity contribution in [2.24, 2.45) is 0 Å². The fraction of sp³-hybridized carbons (Fsp3) is 0.357. The zero-order chi connectivity index (χ0) is 16.8. The minimum atomic E-state index is -4.96. The summed E-state index contributed by atoms with van der Waals surface area (Å²) in [5, 5.41) is 4.27. The van der Waals surface area contributed by atoms with Gasteiger partial charge in [-0.3, -0.25) is 9.59 Å². The smallest absolute Gasteiger partial charge is 0.352 e. The summed E-state index contributed by atoms with van der Waals surface area (Å²) in [6.45, 7) is 1.46. The molecule has 0 aromatic heterocycles. The molecule has 0 radical (unpaired) electrons. The number of carbonyl (C=O) groups excluding carboxylic acids is 3. The Bertz CT molecular complexity index is 571. The van der Waals surface area contributed by atoms with E-state index in [-0.39, 0.29) is 36.8 Å². The summed E-state index contributed by atoms with van der Waals surface area (Å²) in [6.07, 6.45) is -4.77. The lowest BCUT2D eigenvalue weighted by molar-refractivity contribution is -0.167. The molecule has 0 spiro atoms. The molecule has 22 heavy (non-hydrogen) atoms. The van der Waals surface area contributed by atoms with E-state index in [0.29, 0.717) is 5.56 Å². The minimum absolute atomic E-state index is 0.0159. The molecule has 0 aliphatic carbocycles. The Balaban J connectivity index is 2.56. The molecule has 1 aromatic carbocycles. The topological polar surface area (TPSA) is 75.3 Å². The van der Waals surface area contributed by atoms with Gasteiger partial charge in [0.25, 0.3) is 0 Å². The number of rotatable bonds is 6. The number of anilines is 1. The number of Topliss-reactive ketones (excluding diaryl/α,β-unsaturated/α-hetero) is 1. The standard InChI is InChI=1S/C14H15F3N2O3/c1-9(20)5-6-12(21)18-8-10-3-2-4-11(7-10)19-13(22)14(15,16)17/h2-4,7H,5-6,8H2,1H3,(H,18,21)(H,19,22). The van der Waals surface area contributed by atoms with E-state index in [2.05, 4.69) is 5.32 Å². The van der Waals surface area contributed by atoms with Crippen LogP contribution in [0.2, 0.25) is 0 Å². The molecular formula is C14H15F3N2O3. The minimum Gasteiger partial charge on any atom is -0.352 e. The lowest BCUT2D eigenvalue weighted by Gasteiger charge is -2.10. The Hall–Kier alpha value is -2.38. The molecule has 0 aliphatic rings. The number of carbonyl (C=O) groups is 3. The number of benzene rings is 1. The van der Waals surface area contributed by atoms with Gasteiger partial charge >= 0.3 is 12.1 Å². The van der Waals surface area contributed by atoms with Crippen LogP contribution in [0.25, 0.3) is 0 Å². The molecule has 0 saturated carbocycles. The summed E-state index contributed by atoms with van der Waals surface area (Å²) < 4.78 is 36.4. The molecule has 120 valence electrons. The summed E-state index contributed by atoms with van der Waals surface area (Å²) >= 11 is 0. The maximum atomic E-state index is 12.1. The summed E-state index contributed by atoms with van der Waals surface area (Å²) in [5.41, 5.74) is 0.508. The number of hydrogen-bond acceptors (Lipinski definition) is 3. The molecule has 1 rings (SSSR count). The Kier molecular flexibility index (Phi) is 6.09. The van der Waals surface area contributed by atoms with E-state index in [0.717, 1.165) is 0 Å². The molecule has 0 atom stereocenters. The number of halogens is 3. The summed E-state index contributed by atoms with van der Waals surface area (Å²) in [4.78, 5) is 33.0. The van der Waals surface area contributed by atoms with Gasteiger partial charge in [0.1, 0.15) is 5.78 Å². The average Bonchev–Trinajstić information content (AvgIpc) is 2.42. The highest BCUT2D eigenvalue weighted by molar-refractivity contribution is 5.94. The lowest BCUT2D eigenvalue weighted by Crippen LogP contribution is -2.30. The second kappa shape index (κ2) is 7.58. The Labute approximate surface area is 124 Å². The van der Waals surface area contributed by atoms with Gasteiger partial charge in [-0.05, 0) is 24.6 Å². The van der Waals surface area contributed by atoms with Crippen LogP contribution in [-0.2, 0) is 20.9 Å². The van der Waals surface area contributed by atoms with Crippen LogP contribution in [0.3, 0.4) is 0 Å². The lowest BCUT2D eigenvalue weighted by atomic mass is 10.2. The van der Waals surface area contributed by atoms with Crippen molar-refractivity contribution in [2.45, 2.75) is 32.5 Å². The van der Waals surface area contributed by atoms with Crippen molar-refractivity contribution in [2.75, 3.05) is 5.32 Å². The summed E-state index contributed by atoms with van der Waals surface area (Å²) in [5.74, 6) is -2.50. The van der Waals surface area contributed by atoms with Crippen molar-refractivity contribution in [3.05, 3.63) is 29.8 Å². The predicted molar refractivity (Wildman–Crippen MR) is 72.9 cm³/mol. The van der Waals surface area contributed by atoms with Gasteiger partial charge in [0.05, 0.1) is 0 Å². The second-order valence-electron chi connectivity index (χ2n) is 4.63. The Morgan fingerprint density at radius 1 is 1.14 bits per heavy atom. The first-order chi connectivity index (χ1) is 10.2. The van der Waals surface area contributed by atoms with E-state index < -0.39 is 12.1 Å². The van der Waals surface area contributed by atoms with Crippen molar-refractivity contribution < 1.29 is 27.6 Å². The van der Waals surface area contributed by atoms with Gasteiger partial charge < -0.3 is 15.4 Å². The van der Waals surface area contributed by atoms with Gasteiger partial charge in [0.2, 0.25) is 5.91 Å². The van der Waals surface area contributed by atoms with E-state index in [1.165, 1.54) is 25.1 Å². The van der Waals surface area contributed by atoms with Crippen molar-refractivity contribution in [1.29, 1.82) is 0 Å². The van der Waals surface area contributed by atoms with Gasteiger partial charge in [0, 0.05) is 25.1 Å². The first-order valence-corrected chi connectivity index (χ1v) is 6.41. The molecular weight excluding hydrogens is 301 g/mol. The third-order valence-corrected chi connectivity index (χ3v) is 2.64. The highest BCUT2D eigenvalue weighted by atomic mass is 19.4. The van der Waals surface area contributed by atoms with Crippen molar-refractivity contribution in [3.63, 3.8) is 0 Å². The zero-order valence-corrected chi connectivity index (χ0v) is 11.8. The zero-order valence-electron chi connectivity index (χ0n) is 11.8. The molecule has 0 heterocycles. The largest absolute Gasteiger partial charge is 0.471 e. The number of nitrogens with one attached hydrogen (secondary N) is 2. The van der Waals surface area contributed by atoms with Crippen LogP contribution >= 0.6 is 0 Å². The van der Waals surface area contributed by atoms with Crippen LogP contribution in [0.15, 0.2) is 24.3 Å². The molecule has 0 unspecified atom stereocenters. The van der Waals surface area contributed by atoms with E-state index in [1.807, 2.05) is 0 Å². The fourth-order valence-electron chi connectivity index (χ4n) is 1.54. The molecule has 2 N–H and O–H groups in total. The quantitative estimate of drug-likeness (QED) is 0.844. The maximum absolute atomic E-state index is 12.1. The van der Waals surface area contributed by atoms with Crippen LogP contribution in [0.1, 0.15) is 25.3 Å². The summed E-state index contributed by atoms with van der Waals surface area (Å²) in [6, 6.07) is 5.69. The molecule has 0 aliphatic heterocycles. The highest BCUT2D eigenvalue weighted by Crippen LogP contribution is 2.18. The number of alkyl halides is 3. The first-order valence-electron chi connectivity index (χ1n) is 6.41. The normalized spacial score (nSPS) is 10.9. The fourth-order valence-corrected chi connectivity index (χ4v) is 1.54. The molecule has 2 amide bonds. The predicted octanol–water partition coefficient (Wildman–Crippen LogP) is 2.17. The van der Waals surface area contributed by atoms with E-state index in [9.17, 15) is 27.6 Å². The highest BCUT2D eigenvalue weighted by Gasteiger charge is 2.38. The van der Waals surface area contributed by atoms with Gasteiger partial charge in [-0.1, -0.05) is 12.1 Å². The monoisotopic (exact) mass is 316 g/mol.